The van der Waals surface area contributed by atoms with Crippen molar-refractivity contribution in [3.05, 3.63) is 20.3 Å². The second kappa shape index (κ2) is 9.86. The largest absolute Gasteiger partial charge is 0.453 e. The molecule has 2 fully saturated rings. The zero-order chi connectivity index (χ0) is 19.2. The number of carbonyl (C=O) groups is 2. The number of hydrogen-bond donors (Lipinski definition) is 2. The number of hydrogen-bond acceptors (Lipinski definition) is 6. The normalized spacial score (nSPS) is 19.6. The molecule has 2 N–H and O–H groups in total. The Hall–Kier alpha value is -1.16. The molecule has 1 aromatic rings. The lowest BCUT2D eigenvalue weighted by Crippen LogP contribution is -2.49. The predicted octanol–water partition coefficient (Wildman–Crippen LogP) is 2.28. The third-order valence-electron chi connectivity index (χ3n) is 4.64. The van der Waals surface area contributed by atoms with E-state index in [1.807, 2.05) is 4.90 Å². The highest BCUT2D eigenvalue weighted by Crippen LogP contribution is 2.34. The van der Waals surface area contributed by atoms with Gasteiger partial charge >= 0.3 is 6.09 Å². The van der Waals surface area contributed by atoms with E-state index in [1.54, 1.807) is 11.3 Å². The van der Waals surface area contributed by atoms with Crippen LogP contribution < -0.4 is 10.6 Å². The monoisotopic (exact) mass is 459 g/mol. The first-order valence-corrected chi connectivity index (χ1v) is 10.9. The summed E-state index contributed by atoms with van der Waals surface area (Å²) in [6.45, 7) is 3.19. The number of alkyl carbamates (subject to hydrolysis) is 1. The van der Waals surface area contributed by atoms with Gasteiger partial charge in [0, 0.05) is 39.9 Å². The maximum absolute atomic E-state index is 12.9. The number of nitrogens with zero attached hydrogens (tertiary/aromatic N) is 1. The van der Waals surface area contributed by atoms with Crippen LogP contribution in [0.5, 0.6) is 0 Å². The second-order valence-corrected chi connectivity index (χ2v) is 8.84. The van der Waals surface area contributed by atoms with Gasteiger partial charge in [-0.05, 0) is 47.7 Å². The van der Waals surface area contributed by atoms with E-state index in [2.05, 4.69) is 37.4 Å². The average molecular weight is 460 g/mol. The summed E-state index contributed by atoms with van der Waals surface area (Å²) in [4.78, 5) is 28.4. The fourth-order valence-electron chi connectivity index (χ4n) is 3.07. The molecule has 27 heavy (non-hydrogen) atoms. The van der Waals surface area contributed by atoms with E-state index in [-0.39, 0.29) is 12.0 Å². The Morgan fingerprint density at radius 2 is 2.30 bits per heavy atom. The SMILES string of the molecule is COC(=O)NCCCc1sc(CN(C(=O)C2CNCCO2)C2CC2)cc1Br. The predicted molar refractivity (Wildman–Crippen MR) is 107 cm³/mol. The molecule has 1 saturated carbocycles. The molecule has 1 aliphatic heterocycles. The third kappa shape index (κ3) is 5.91. The van der Waals surface area contributed by atoms with Crippen molar-refractivity contribution in [1.29, 1.82) is 0 Å². The van der Waals surface area contributed by atoms with E-state index in [4.69, 9.17) is 4.74 Å². The third-order valence-corrected chi connectivity index (χ3v) is 6.79. The van der Waals surface area contributed by atoms with E-state index in [0.29, 0.717) is 32.3 Å². The number of methoxy groups -OCH3 is 1. The number of aryl methyl sites for hydroxylation is 1. The van der Waals surface area contributed by atoms with Gasteiger partial charge in [0.25, 0.3) is 5.91 Å². The standard InChI is InChI=1S/C18H26BrN3O4S/c1-25-18(24)21-6-2-3-16-14(19)9-13(27-16)11-22(12-4-5-12)17(23)15-10-20-7-8-26-15/h9,12,15,20H,2-8,10-11H2,1H3,(H,21,24). The molecule has 2 amide bonds. The maximum Gasteiger partial charge on any atom is 0.406 e. The van der Waals surface area contributed by atoms with Crippen LogP contribution in [-0.2, 0) is 27.2 Å². The van der Waals surface area contributed by atoms with Gasteiger partial charge in [0.15, 0.2) is 0 Å². The van der Waals surface area contributed by atoms with Gasteiger partial charge in [-0.2, -0.15) is 0 Å². The van der Waals surface area contributed by atoms with Gasteiger partial charge in [0.05, 0.1) is 20.3 Å². The zero-order valence-electron chi connectivity index (χ0n) is 15.5. The lowest BCUT2D eigenvalue weighted by Gasteiger charge is -2.29. The van der Waals surface area contributed by atoms with Gasteiger partial charge in [-0.15, -0.1) is 11.3 Å². The number of rotatable bonds is 8. The van der Waals surface area contributed by atoms with Gasteiger partial charge < -0.3 is 25.0 Å². The summed E-state index contributed by atoms with van der Waals surface area (Å²) in [5, 5.41) is 5.92. The fourth-order valence-corrected chi connectivity index (χ4v) is 5.04. The van der Waals surface area contributed by atoms with E-state index in [1.165, 1.54) is 16.9 Å². The molecule has 3 rings (SSSR count). The van der Waals surface area contributed by atoms with Crippen LogP contribution in [0.3, 0.4) is 0 Å². The number of amides is 2. The minimum atomic E-state index is -0.404. The Morgan fingerprint density at radius 3 is 2.96 bits per heavy atom. The van der Waals surface area contributed by atoms with Crippen LogP contribution in [0.25, 0.3) is 0 Å². The van der Waals surface area contributed by atoms with Crippen LogP contribution in [0.15, 0.2) is 10.5 Å². The average Bonchev–Trinajstić information content (AvgIpc) is 3.47. The summed E-state index contributed by atoms with van der Waals surface area (Å²) in [7, 11) is 1.36. The molecular weight excluding hydrogens is 434 g/mol. The van der Waals surface area contributed by atoms with E-state index < -0.39 is 6.09 Å². The van der Waals surface area contributed by atoms with Gasteiger partial charge in [-0.3, -0.25) is 4.79 Å². The van der Waals surface area contributed by atoms with Crippen molar-refractivity contribution in [2.75, 3.05) is 33.4 Å². The highest BCUT2D eigenvalue weighted by Gasteiger charge is 2.37. The molecule has 1 saturated heterocycles. The Balaban J connectivity index is 1.55. The first kappa shape index (κ1) is 20.6. The van der Waals surface area contributed by atoms with Crippen molar-refractivity contribution in [3.63, 3.8) is 0 Å². The molecule has 2 aliphatic rings. The molecule has 2 heterocycles. The number of halogens is 1. The van der Waals surface area contributed by atoms with Crippen LogP contribution in [-0.4, -0.2) is 62.4 Å². The maximum atomic E-state index is 12.9. The van der Waals surface area contributed by atoms with Crippen molar-refractivity contribution in [2.24, 2.45) is 0 Å². The minimum Gasteiger partial charge on any atom is -0.453 e. The summed E-state index contributed by atoms with van der Waals surface area (Å²) >= 11 is 5.35. The van der Waals surface area contributed by atoms with Crippen LogP contribution in [0.1, 0.15) is 29.0 Å². The van der Waals surface area contributed by atoms with Crippen molar-refractivity contribution in [3.8, 4) is 0 Å². The summed E-state index contributed by atoms with van der Waals surface area (Å²) in [6, 6.07) is 2.45. The Bertz CT molecular complexity index is 659. The molecule has 0 aromatic carbocycles. The number of morpholine rings is 1. The zero-order valence-corrected chi connectivity index (χ0v) is 17.9. The van der Waals surface area contributed by atoms with Crippen molar-refractivity contribution in [2.45, 2.75) is 44.4 Å². The highest BCUT2D eigenvalue weighted by atomic mass is 79.9. The van der Waals surface area contributed by atoms with E-state index in [0.717, 1.165) is 36.7 Å². The molecule has 0 bridgehead atoms. The molecule has 1 unspecified atom stereocenters. The summed E-state index contributed by atoms with van der Waals surface area (Å²) in [5.41, 5.74) is 0. The molecule has 1 atom stereocenters. The summed E-state index contributed by atoms with van der Waals surface area (Å²) in [6.07, 6.45) is 3.07. The number of nitrogens with one attached hydrogen (secondary N) is 2. The molecule has 9 heteroatoms. The molecule has 1 aliphatic carbocycles. The van der Waals surface area contributed by atoms with Crippen LogP contribution >= 0.6 is 27.3 Å². The summed E-state index contributed by atoms with van der Waals surface area (Å²) in [5.74, 6) is 0.0954. The second-order valence-electron chi connectivity index (χ2n) is 6.77. The van der Waals surface area contributed by atoms with E-state index in [9.17, 15) is 9.59 Å². The molecule has 150 valence electrons. The van der Waals surface area contributed by atoms with E-state index >= 15 is 0 Å². The lowest BCUT2D eigenvalue weighted by atomic mass is 10.2. The first-order valence-electron chi connectivity index (χ1n) is 9.30. The topological polar surface area (TPSA) is 79.9 Å². The molecular formula is C18H26BrN3O4S. The fraction of sp³-hybridized carbons (Fsp3) is 0.667. The van der Waals surface area contributed by atoms with Crippen molar-refractivity contribution < 1.29 is 19.1 Å². The highest BCUT2D eigenvalue weighted by molar-refractivity contribution is 9.10. The van der Waals surface area contributed by atoms with Gasteiger partial charge in [0.2, 0.25) is 0 Å². The number of thiophene rings is 1. The first-order chi connectivity index (χ1) is 13.1. The summed E-state index contributed by atoms with van der Waals surface area (Å²) < 4.78 is 11.3. The smallest absolute Gasteiger partial charge is 0.406 e. The molecule has 1 aromatic heterocycles. The quantitative estimate of drug-likeness (QED) is 0.582. The van der Waals surface area contributed by atoms with Crippen LogP contribution in [0.4, 0.5) is 4.79 Å². The van der Waals surface area contributed by atoms with Gasteiger partial charge in [-0.25, -0.2) is 4.79 Å². The van der Waals surface area contributed by atoms with Crippen molar-refractivity contribution in [1.82, 2.24) is 15.5 Å². The Labute approximate surface area is 171 Å². The number of ether oxygens (including phenoxy) is 2. The number of carbonyl (C=O) groups excluding carboxylic acids is 2. The van der Waals surface area contributed by atoms with Gasteiger partial charge in [-0.1, -0.05) is 0 Å². The minimum absolute atomic E-state index is 0.0954. The Morgan fingerprint density at radius 1 is 1.48 bits per heavy atom. The molecule has 7 nitrogen and oxygen atoms in total. The lowest BCUT2D eigenvalue weighted by molar-refractivity contribution is -0.146. The van der Waals surface area contributed by atoms with Crippen molar-refractivity contribution >= 4 is 39.3 Å². The Kier molecular flexibility index (Phi) is 7.51. The molecule has 0 radical (unpaired) electrons. The van der Waals surface area contributed by atoms with Crippen LogP contribution in [0.2, 0.25) is 0 Å². The van der Waals surface area contributed by atoms with Gasteiger partial charge in [0.1, 0.15) is 6.10 Å². The molecule has 0 spiro atoms. The van der Waals surface area contributed by atoms with Crippen LogP contribution in [0, 0.1) is 0 Å².